The number of methoxy groups -OCH3 is 1. The molecule has 9 nitrogen and oxygen atoms in total. The van der Waals surface area contributed by atoms with Gasteiger partial charge in [-0.25, -0.2) is 4.79 Å². The molecule has 1 aliphatic rings. The molecule has 0 saturated heterocycles. The molecule has 0 unspecified atom stereocenters. The highest BCUT2D eigenvalue weighted by Crippen LogP contribution is 2.23. The van der Waals surface area contributed by atoms with Crippen molar-refractivity contribution >= 4 is 23.8 Å². The smallest absolute Gasteiger partial charge is 0.373 e. The van der Waals surface area contributed by atoms with Gasteiger partial charge in [-0.05, 0) is 0 Å². The van der Waals surface area contributed by atoms with Crippen molar-refractivity contribution < 1.29 is 38.1 Å². The minimum Gasteiger partial charge on any atom is -0.463 e. The lowest BCUT2D eigenvalue weighted by Gasteiger charge is -2.35. The van der Waals surface area contributed by atoms with Gasteiger partial charge in [-0.1, -0.05) is 0 Å². The zero-order valence-electron chi connectivity index (χ0n) is 12.6. The predicted molar refractivity (Wildman–Crippen MR) is 69.9 cm³/mol. The first-order valence-corrected chi connectivity index (χ1v) is 6.33. The van der Waals surface area contributed by atoms with Gasteiger partial charge in [-0.15, -0.1) is 0 Å². The van der Waals surface area contributed by atoms with Crippen molar-refractivity contribution in [3.63, 3.8) is 0 Å². The minimum atomic E-state index is -1.20. The standard InChI is InChI=1S/C13H17NO8/c1-6(15)14-12-11(21-8(3)17)9(20-7(2)16)5-10(22-12)13(18)19-4/h5,9,11-12H,1-4H3,(H,14,15)/t9-,11+,12+/m0/s1. The minimum absolute atomic E-state index is 0.268. The van der Waals surface area contributed by atoms with Crippen molar-refractivity contribution in [3.05, 3.63) is 11.8 Å². The van der Waals surface area contributed by atoms with Gasteiger partial charge in [-0.2, -0.15) is 0 Å². The molecule has 1 aliphatic heterocycles. The lowest BCUT2D eigenvalue weighted by atomic mass is 10.1. The topological polar surface area (TPSA) is 117 Å². The van der Waals surface area contributed by atoms with Gasteiger partial charge in [0.05, 0.1) is 7.11 Å². The molecule has 0 fully saturated rings. The van der Waals surface area contributed by atoms with Crippen LogP contribution in [0.25, 0.3) is 0 Å². The molecule has 0 saturated carbocycles. The third-order valence-corrected chi connectivity index (χ3v) is 2.53. The monoisotopic (exact) mass is 315 g/mol. The number of carbonyl (C=O) groups is 4. The maximum absolute atomic E-state index is 11.6. The van der Waals surface area contributed by atoms with Crippen LogP contribution in [-0.4, -0.2) is 49.4 Å². The Bertz CT molecular complexity index is 512. The Morgan fingerprint density at radius 3 is 2.14 bits per heavy atom. The largest absolute Gasteiger partial charge is 0.463 e. The highest BCUT2D eigenvalue weighted by atomic mass is 16.6. The third kappa shape index (κ3) is 4.76. The summed E-state index contributed by atoms with van der Waals surface area (Å²) in [5.41, 5.74) is 0. The lowest BCUT2D eigenvalue weighted by molar-refractivity contribution is -0.181. The average molecular weight is 315 g/mol. The van der Waals surface area contributed by atoms with Crippen molar-refractivity contribution in [3.8, 4) is 0 Å². The molecule has 0 aromatic carbocycles. The van der Waals surface area contributed by atoms with E-state index >= 15 is 0 Å². The number of ether oxygens (including phenoxy) is 4. The summed E-state index contributed by atoms with van der Waals surface area (Å²) in [6.07, 6.45) is -2.30. The second kappa shape index (κ2) is 7.43. The Kier molecular flexibility index (Phi) is 5.90. The van der Waals surface area contributed by atoms with E-state index in [2.05, 4.69) is 10.1 Å². The molecular formula is C13H17NO8. The summed E-state index contributed by atoms with van der Waals surface area (Å²) in [4.78, 5) is 45.2. The van der Waals surface area contributed by atoms with Gasteiger partial charge in [0, 0.05) is 26.8 Å². The summed E-state index contributed by atoms with van der Waals surface area (Å²) < 4.78 is 19.8. The second-order valence-corrected chi connectivity index (χ2v) is 4.41. The van der Waals surface area contributed by atoms with E-state index in [0.717, 1.165) is 27.0 Å². The molecule has 3 atom stereocenters. The molecular weight excluding hydrogens is 298 g/mol. The number of hydrogen-bond donors (Lipinski definition) is 1. The molecule has 1 heterocycles. The van der Waals surface area contributed by atoms with Crippen LogP contribution in [0.5, 0.6) is 0 Å². The lowest BCUT2D eigenvalue weighted by Crippen LogP contribution is -2.54. The van der Waals surface area contributed by atoms with Crippen LogP contribution in [0.1, 0.15) is 20.8 Å². The van der Waals surface area contributed by atoms with Gasteiger partial charge in [0.25, 0.3) is 0 Å². The third-order valence-electron chi connectivity index (χ3n) is 2.53. The van der Waals surface area contributed by atoms with Crippen LogP contribution < -0.4 is 5.32 Å². The molecule has 0 radical (unpaired) electrons. The maximum Gasteiger partial charge on any atom is 0.373 e. The average Bonchev–Trinajstić information content (AvgIpc) is 2.39. The Balaban J connectivity index is 3.15. The first-order chi connectivity index (χ1) is 10.2. The van der Waals surface area contributed by atoms with E-state index in [1.54, 1.807) is 0 Å². The molecule has 0 bridgehead atoms. The number of esters is 3. The molecule has 0 aliphatic carbocycles. The van der Waals surface area contributed by atoms with Crippen LogP contribution in [0.4, 0.5) is 0 Å². The first-order valence-electron chi connectivity index (χ1n) is 6.33. The van der Waals surface area contributed by atoms with E-state index in [9.17, 15) is 19.2 Å². The predicted octanol–water partition coefficient (Wildman–Crippen LogP) is -0.601. The van der Waals surface area contributed by atoms with E-state index in [1.807, 2.05) is 0 Å². The highest BCUT2D eigenvalue weighted by molar-refractivity contribution is 5.86. The van der Waals surface area contributed by atoms with E-state index in [4.69, 9.17) is 14.2 Å². The fraction of sp³-hybridized carbons (Fsp3) is 0.538. The van der Waals surface area contributed by atoms with Crippen LogP contribution in [0.2, 0.25) is 0 Å². The van der Waals surface area contributed by atoms with E-state index in [0.29, 0.717) is 0 Å². The Morgan fingerprint density at radius 1 is 1.09 bits per heavy atom. The van der Waals surface area contributed by atoms with Crippen molar-refractivity contribution in [1.29, 1.82) is 0 Å². The molecule has 0 aromatic rings. The molecule has 1 amide bonds. The van der Waals surface area contributed by atoms with E-state index in [-0.39, 0.29) is 5.76 Å². The molecule has 122 valence electrons. The number of rotatable bonds is 4. The number of carbonyl (C=O) groups excluding carboxylic acids is 4. The molecule has 22 heavy (non-hydrogen) atoms. The highest BCUT2D eigenvalue weighted by Gasteiger charge is 2.42. The molecule has 0 spiro atoms. The normalized spacial score (nSPS) is 23.5. The van der Waals surface area contributed by atoms with Gasteiger partial charge in [0.2, 0.25) is 17.9 Å². The van der Waals surface area contributed by atoms with Crippen LogP contribution in [0, 0.1) is 0 Å². The van der Waals surface area contributed by atoms with Gasteiger partial charge < -0.3 is 24.3 Å². The van der Waals surface area contributed by atoms with Crippen LogP contribution in [-0.2, 0) is 38.1 Å². The zero-order valence-corrected chi connectivity index (χ0v) is 12.6. The van der Waals surface area contributed by atoms with Crippen molar-refractivity contribution in [2.24, 2.45) is 0 Å². The number of amides is 1. The van der Waals surface area contributed by atoms with E-state index < -0.39 is 42.3 Å². The zero-order chi connectivity index (χ0) is 16.9. The molecule has 1 rings (SSSR count). The Labute approximate surface area is 126 Å². The summed E-state index contributed by atoms with van der Waals surface area (Å²) in [5, 5.41) is 2.37. The van der Waals surface area contributed by atoms with Crippen LogP contribution >= 0.6 is 0 Å². The summed E-state index contributed by atoms with van der Waals surface area (Å²) in [7, 11) is 1.14. The molecule has 1 N–H and O–H groups in total. The first kappa shape index (κ1) is 17.5. The van der Waals surface area contributed by atoms with Gasteiger partial charge >= 0.3 is 17.9 Å². The van der Waals surface area contributed by atoms with Gasteiger partial charge in [-0.3, -0.25) is 14.4 Å². The van der Waals surface area contributed by atoms with Crippen molar-refractivity contribution in [1.82, 2.24) is 5.32 Å². The van der Waals surface area contributed by atoms with E-state index in [1.165, 1.54) is 6.92 Å². The fourth-order valence-corrected chi connectivity index (χ4v) is 1.80. The van der Waals surface area contributed by atoms with Crippen LogP contribution in [0.15, 0.2) is 11.8 Å². The van der Waals surface area contributed by atoms with Gasteiger partial charge in [0.1, 0.15) is 0 Å². The quantitative estimate of drug-likeness (QED) is 0.540. The summed E-state index contributed by atoms with van der Waals surface area (Å²) in [6, 6.07) is 0. The summed E-state index contributed by atoms with van der Waals surface area (Å²) in [5.74, 6) is -2.92. The second-order valence-electron chi connectivity index (χ2n) is 4.41. The van der Waals surface area contributed by atoms with Crippen molar-refractivity contribution in [2.45, 2.75) is 39.2 Å². The fourth-order valence-electron chi connectivity index (χ4n) is 1.80. The Morgan fingerprint density at radius 2 is 1.68 bits per heavy atom. The van der Waals surface area contributed by atoms with Crippen molar-refractivity contribution in [2.75, 3.05) is 7.11 Å². The van der Waals surface area contributed by atoms with Gasteiger partial charge in [0.15, 0.2) is 12.2 Å². The number of hydrogen-bond acceptors (Lipinski definition) is 8. The maximum atomic E-state index is 11.6. The number of nitrogens with one attached hydrogen (secondary N) is 1. The summed E-state index contributed by atoms with van der Waals surface area (Å²) >= 11 is 0. The van der Waals surface area contributed by atoms with Crippen LogP contribution in [0.3, 0.4) is 0 Å². The Hall–Kier alpha value is -2.58. The SMILES string of the molecule is COC(=O)C1=C[C@H](OC(C)=O)[C@@H](OC(C)=O)[C@H](NC(C)=O)O1. The summed E-state index contributed by atoms with van der Waals surface area (Å²) in [6.45, 7) is 3.51. The molecule has 9 heteroatoms. The molecule has 0 aromatic heterocycles.